The number of anilines is 1. The van der Waals surface area contributed by atoms with Crippen LogP contribution in [0.4, 0.5) is 5.95 Å². The number of halogens is 2. The van der Waals surface area contributed by atoms with Gasteiger partial charge in [0.1, 0.15) is 0 Å². The summed E-state index contributed by atoms with van der Waals surface area (Å²) >= 11 is 12.0. The first-order valence-corrected chi connectivity index (χ1v) is 9.25. The number of hydrogen-bond acceptors (Lipinski definition) is 5. The molecule has 1 aliphatic heterocycles. The van der Waals surface area contributed by atoms with Gasteiger partial charge in [0.2, 0.25) is 5.95 Å². The summed E-state index contributed by atoms with van der Waals surface area (Å²) in [5, 5.41) is 1.03. The summed E-state index contributed by atoms with van der Waals surface area (Å²) in [6.45, 7) is 2.07. The molecule has 6 nitrogen and oxygen atoms in total. The van der Waals surface area contributed by atoms with Crippen LogP contribution in [-0.2, 0) is 19.5 Å². The number of pyridine rings is 1. The third kappa shape index (κ3) is 3.83. The van der Waals surface area contributed by atoms with Crippen molar-refractivity contribution in [3.05, 3.63) is 73.7 Å². The predicted octanol–water partition coefficient (Wildman–Crippen LogP) is 3.28. The van der Waals surface area contributed by atoms with Gasteiger partial charge in [-0.2, -0.15) is 0 Å². The van der Waals surface area contributed by atoms with Crippen LogP contribution in [0.2, 0.25) is 10.0 Å². The second-order valence-corrected chi connectivity index (χ2v) is 7.33. The smallest absolute Gasteiger partial charge is 0.257 e. The van der Waals surface area contributed by atoms with Crippen molar-refractivity contribution >= 4 is 29.2 Å². The van der Waals surface area contributed by atoms with E-state index < -0.39 is 0 Å². The quantitative estimate of drug-likeness (QED) is 0.702. The number of hydrogen-bond donors (Lipinski definition) is 2. The van der Waals surface area contributed by atoms with Crippen molar-refractivity contribution < 1.29 is 0 Å². The molecule has 0 spiro atoms. The lowest BCUT2D eigenvalue weighted by atomic mass is 10.1. The number of nitrogens with one attached hydrogen (secondary N) is 1. The topological polar surface area (TPSA) is 87.9 Å². The number of benzene rings is 1. The number of aromatic amines is 1. The summed E-state index contributed by atoms with van der Waals surface area (Å²) in [5.74, 6) is 0.175. The molecule has 0 bridgehead atoms. The van der Waals surface area contributed by atoms with Gasteiger partial charge in [-0.1, -0.05) is 35.3 Å². The SMILES string of the molecule is Nc1nc2c(c(=O)[nH]1)CN(Cc1ccc(-c3ccc(Cl)c(Cl)c3)nc1)CC2. The lowest BCUT2D eigenvalue weighted by molar-refractivity contribution is 0.241. The van der Waals surface area contributed by atoms with Gasteiger partial charge in [0.15, 0.2) is 0 Å². The molecule has 0 amide bonds. The molecule has 1 aromatic carbocycles. The number of nitrogen functional groups attached to an aromatic ring is 1. The van der Waals surface area contributed by atoms with Crippen LogP contribution >= 0.6 is 23.2 Å². The second-order valence-electron chi connectivity index (χ2n) is 6.52. The van der Waals surface area contributed by atoms with Crippen LogP contribution in [0, 0.1) is 0 Å². The van der Waals surface area contributed by atoms with Gasteiger partial charge in [0, 0.05) is 37.8 Å². The van der Waals surface area contributed by atoms with Crippen LogP contribution in [0.3, 0.4) is 0 Å². The molecule has 1 aliphatic rings. The molecule has 4 rings (SSSR count). The average Bonchev–Trinajstić information content (AvgIpc) is 2.65. The number of H-pyrrole nitrogens is 1. The summed E-state index contributed by atoms with van der Waals surface area (Å²) in [6, 6.07) is 9.45. The van der Waals surface area contributed by atoms with E-state index in [1.165, 1.54) is 0 Å². The van der Waals surface area contributed by atoms with Crippen LogP contribution < -0.4 is 11.3 Å². The molecule has 3 aromatic rings. The molecule has 0 saturated heterocycles. The van der Waals surface area contributed by atoms with Gasteiger partial charge in [-0.25, -0.2) is 4.98 Å². The van der Waals surface area contributed by atoms with Crippen molar-refractivity contribution in [2.75, 3.05) is 12.3 Å². The van der Waals surface area contributed by atoms with Crippen LogP contribution in [-0.4, -0.2) is 26.4 Å². The maximum atomic E-state index is 12.1. The number of aromatic nitrogens is 3. The zero-order chi connectivity index (χ0) is 19.0. The highest BCUT2D eigenvalue weighted by molar-refractivity contribution is 6.42. The first-order chi connectivity index (χ1) is 13.0. The van der Waals surface area contributed by atoms with Crippen molar-refractivity contribution in [2.45, 2.75) is 19.5 Å². The largest absolute Gasteiger partial charge is 0.369 e. The van der Waals surface area contributed by atoms with Crippen molar-refractivity contribution in [3.63, 3.8) is 0 Å². The highest BCUT2D eigenvalue weighted by atomic mass is 35.5. The standard InChI is InChI=1S/C19H17Cl2N5O/c20-14-3-2-12(7-15(14)21)16-4-1-11(8-23-16)9-26-6-5-17-13(10-26)18(27)25-19(22)24-17/h1-4,7-8H,5-6,9-10H2,(H3,22,24,25,27). The molecule has 3 N–H and O–H groups in total. The second kappa shape index (κ2) is 7.31. The Labute approximate surface area is 166 Å². The van der Waals surface area contributed by atoms with E-state index in [1.54, 1.807) is 12.1 Å². The zero-order valence-electron chi connectivity index (χ0n) is 14.4. The van der Waals surface area contributed by atoms with E-state index in [-0.39, 0.29) is 11.5 Å². The zero-order valence-corrected chi connectivity index (χ0v) is 15.9. The maximum Gasteiger partial charge on any atom is 0.257 e. The molecule has 0 saturated carbocycles. The van der Waals surface area contributed by atoms with Gasteiger partial charge in [0.25, 0.3) is 5.56 Å². The summed E-state index contributed by atoms with van der Waals surface area (Å²) in [5.41, 5.74) is 9.76. The Balaban J connectivity index is 1.49. The molecule has 138 valence electrons. The number of nitrogens with zero attached hydrogens (tertiary/aromatic N) is 3. The van der Waals surface area contributed by atoms with Crippen LogP contribution in [0.25, 0.3) is 11.3 Å². The van der Waals surface area contributed by atoms with Crippen molar-refractivity contribution in [3.8, 4) is 11.3 Å². The Morgan fingerprint density at radius 1 is 1.19 bits per heavy atom. The molecule has 0 aliphatic carbocycles. The van der Waals surface area contributed by atoms with Gasteiger partial charge in [0.05, 0.1) is 27.0 Å². The fourth-order valence-corrected chi connectivity index (χ4v) is 3.54. The molecular formula is C19H17Cl2N5O. The Morgan fingerprint density at radius 3 is 2.78 bits per heavy atom. The monoisotopic (exact) mass is 401 g/mol. The van der Waals surface area contributed by atoms with Crippen molar-refractivity contribution in [2.24, 2.45) is 0 Å². The fraction of sp³-hybridized carbons (Fsp3) is 0.211. The van der Waals surface area contributed by atoms with E-state index in [1.807, 2.05) is 24.4 Å². The lowest BCUT2D eigenvalue weighted by Gasteiger charge is -2.27. The summed E-state index contributed by atoms with van der Waals surface area (Å²) < 4.78 is 0. The molecule has 3 heterocycles. The minimum atomic E-state index is -0.157. The molecule has 27 heavy (non-hydrogen) atoms. The Morgan fingerprint density at radius 2 is 2.04 bits per heavy atom. The van der Waals surface area contributed by atoms with E-state index in [2.05, 4.69) is 19.9 Å². The third-order valence-corrected chi connectivity index (χ3v) is 5.35. The van der Waals surface area contributed by atoms with Gasteiger partial charge >= 0.3 is 0 Å². The van der Waals surface area contributed by atoms with E-state index in [0.717, 1.165) is 29.1 Å². The van der Waals surface area contributed by atoms with Crippen LogP contribution in [0.15, 0.2) is 41.3 Å². The summed E-state index contributed by atoms with van der Waals surface area (Å²) in [6.07, 6.45) is 2.55. The van der Waals surface area contributed by atoms with Crippen molar-refractivity contribution in [1.82, 2.24) is 19.9 Å². The molecule has 0 unspecified atom stereocenters. The number of rotatable bonds is 3. The van der Waals surface area contributed by atoms with Crippen molar-refractivity contribution in [1.29, 1.82) is 0 Å². The molecule has 0 fully saturated rings. The lowest BCUT2D eigenvalue weighted by Crippen LogP contribution is -2.35. The first-order valence-electron chi connectivity index (χ1n) is 8.50. The Hall–Kier alpha value is -2.41. The minimum absolute atomic E-state index is 0.157. The van der Waals surface area contributed by atoms with Gasteiger partial charge in [-0.3, -0.25) is 19.7 Å². The maximum absolute atomic E-state index is 12.1. The molecular weight excluding hydrogens is 385 g/mol. The summed E-state index contributed by atoms with van der Waals surface area (Å²) in [4.78, 5) is 25.6. The minimum Gasteiger partial charge on any atom is -0.369 e. The molecule has 2 aromatic heterocycles. The van der Waals surface area contributed by atoms with Crippen LogP contribution in [0.1, 0.15) is 16.8 Å². The summed E-state index contributed by atoms with van der Waals surface area (Å²) in [7, 11) is 0. The molecule has 8 heteroatoms. The third-order valence-electron chi connectivity index (χ3n) is 4.61. The highest BCUT2D eigenvalue weighted by Gasteiger charge is 2.21. The van der Waals surface area contributed by atoms with E-state index in [0.29, 0.717) is 35.1 Å². The fourth-order valence-electron chi connectivity index (χ4n) is 3.24. The van der Waals surface area contributed by atoms with E-state index in [4.69, 9.17) is 28.9 Å². The van der Waals surface area contributed by atoms with E-state index >= 15 is 0 Å². The van der Waals surface area contributed by atoms with E-state index in [9.17, 15) is 4.79 Å². The Bertz CT molecular complexity index is 1050. The van der Waals surface area contributed by atoms with Gasteiger partial charge in [-0.15, -0.1) is 0 Å². The predicted molar refractivity (Wildman–Crippen MR) is 107 cm³/mol. The number of fused-ring (bicyclic) bond motifs is 1. The average molecular weight is 402 g/mol. The first kappa shape index (κ1) is 18.0. The van der Waals surface area contributed by atoms with Gasteiger partial charge < -0.3 is 5.73 Å². The normalized spacial score (nSPS) is 14.1. The Kier molecular flexibility index (Phi) is 4.86. The number of nitrogens with two attached hydrogens (primary N) is 1. The molecule has 0 atom stereocenters. The van der Waals surface area contributed by atoms with Crippen LogP contribution in [0.5, 0.6) is 0 Å². The van der Waals surface area contributed by atoms with Gasteiger partial charge in [-0.05, 0) is 23.8 Å². The molecule has 0 radical (unpaired) electrons. The highest BCUT2D eigenvalue weighted by Crippen LogP contribution is 2.27.